The molecule has 62 valence electrons. The Hall–Kier alpha value is -0.130. The van der Waals surface area contributed by atoms with E-state index in [1.165, 1.54) is 20.8 Å². The first-order valence-electron chi connectivity index (χ1n) is 2.84. The predicted molar refractivity (Wildman–Crippen MR) is 37.3 cm³/mol. The van der Waals surface area contributed by atoms with Crippen LogP contribution in [0.4, 0.5) is 0 Å². The molecule has 1 unspecified atom stereocenters. The van der Waals surface area contributed by atoms with E-state index in [0.29, 0.717) is 0 Å². The summed E-state index contributed by atoms with van der Waals surface area (Å²) in [5.74, 6) is 0. The monoisotopic (exact) mass is 168 g/mol. The van der Waals surface area contributed by atoms with Crippen LogP contribution in [0.2, 0.25) is 0 Å². The van der Waals surface area contributed by atoms with Crippen molar-refractivity contribution >= 4 is 10.1 Å². The molecule has 4 nitrogen and oxygen atoms in total. The van der Waals surface area contributed by atoms with Crippen LogP contribution in [0, 0.1) is 0 Å². The molecule has 0 amide bonds. The van der Waals surface area contributed by atoms with E-state index >= 15 is 0 Å². The molecule has 0 bridgehead atoms. The molecule has 0 spiro atoms. The lowest BCUT2D eigenvalue weighted by Crippen LogP contribution is -2.39. The minimum atomic E-state index is -4.11. The summed E-state index contributed by atoms with van der Waals surface area (Å²) in [4.78, 5) is 0. The number of rotatable bonds is 2. The summed E-state index contributed by atoms with van der Waals surface area (Å²) in [5, 5.41) is 7.93. The van der Waals surface area contributed by atoms with Crippen molar-refractivity contribution in [2.24, 2.45) is 0 Å². The third kappa shape index (κ3) is 2.64. The summed E-state index contributed by atoms with van der Waals surface area (Å²) in [5.41, 5.74) is -1.40. The van der Waals surface area contributed by atoms with Crippen molar-refractivity contribution in [2.45, 2.75) is 31.6 Å². The van der Waals surface area contributed by atoms with Crippen LogP contribution in [-0.2, 0) is 10.1 Å². The maximum atomic E-state index is 10.4. The van der Waals surface area contributed by atoms with Gasteiger partial charge in [0.15, 0.2) is 0 Å². The fourth-order valence-electron chi connectivity index (χ4n) is 0.364. The molecular weight excluding hydrogens is 156 g/mol. The largest absolute Gasteiger partial charge is 0.389 e. The van der Waals surface area contributed by atoms with Gasteiger partial charge < -0.3 is 5.11 Å². The zero-order valence-electron chi connectivity index (χ0n) is 6.20. The summed E-state index contributed by atoms with van der Waals surface area (Å²) in [6.45, 7) is 3.90. The smallest absolute Gasteiger partial charge is 0.270 e. The highest BCUT2D eigenvalue weighted by atomic mass is 32.2. The lowest BCUT2D eigenvalue weighted by atomic mass is 10.1. The van der Waals surface area contributed by atoms with Gasteiger partial charge in [-0.3, -0.25) is 4.55 Å². The zero-order valence-corrected chi connectivity index (χ0v) is 7.01. The van der Waals surface area contributed by atoms with Gasteiger partial charge in [0, 0.05) is 0 Å². The molecule has 1 atom stereocenters. The SMILES string of the molecule is CC(C(C)(C)O)S(=O)(=O)O. The molecule has 5 heteroatoms. The van der Waals surface area contributed by atoms with Crippen LogP contribution >= 0.6 is 0 Å². The first kappa shape index (κ1) is 9.87. The fraction of sp³-hybridized carbons (Fsp3) is 1.00. The van der Waals surface area contributed by atoms with Gasteiger partial charge in [0.05, 0.1) is 5.60 Å². The molecule has 0 heterocycles. The van der Waals surface area contributed by atoms with E-state index < -0.39 is 21.0 Å². The predicted octanol–water partition coefficient (Wildman–Crippen LogP) is 0.0336. The molecule has 0 saturated carbocycles. The second-order valence-corrected chi connectivity index (χ2v) is 4.55. The van der Waals surface area contributed by atoms with Crippen molar-refractivity contribution in [3.05, 3.63) is 0 Å². The Labute approximate surface area is 60.6 Å². The van der Waals surface area contributed by atoms with Gasteiger partial charge in [-0.05, 0) is 20.8 Å². The number of hydrogen-bond donors (Lipinski definition) is 2. The van der Waals surface area contributed by atoms with Gasteiger partial charge >= 0.3 is 0 Å². The van der Waals surface area contributed by atoms with Crippen molar-refractivity contribution in [3.8, 4) is 0 Å². The van der Waals surface area contributed by atoms with E-state index in [-0.39, 0.29) is 0 Å². The zero-order chi connectivity index (χ0) is 8.58. The standard InChI is InChI=1S/C5H12O4S/c1-4(5(2,3)6)10(7,8)9/h4,6H,1-3H3,(H,7,8,9). The number of aliphatic hydroxyl groups is 1. The van der Waals surface area contributed by atoms with E-state index in [0.717, 1.165) is 0 Å². The third-order valence-electron chi connectivity index (χ3n) is 1.44. The van der Waals surface area contributed by atoms with Gasteiger partial charge in [-0.1, -0.05) is 0 Å². The summed E-state index contributed by atoms with van der Waals surface area (Å²) in [6, 6.07) is 0. The molecule has 0 fully saturated rings. The average Bonchev–Trinajstić information content (AvgIpc) is 1.59. The van der Waals surface area contributed by atoms with Crippen LogP contribution < -0.4 is 0 Å². The van der Waals surface area contributed by atoms with Crippen LogP contribution in [0.3, 0.4) is 0 Å². The lowest BCUT2D eigenvalue weighted by molar-refractivity contribution is 0.0772. The van der Waals surface area contributed by atoms with Crippen LogP contribution in [-0.4, -0.2) is 28.9 Å². The van der Waals surface area contributed by atoms with Gasteiger partial charge in [-0.15, -0.1) is 0 Å². The van der Waals surface area contributed by atoms with Crippen molar-refractivity contribution in [1.82, 2.24) is 0 Å². The van der Waals surface area contributed by atoms with Crippen LogP contribution in [0.15, 0.2) is 0 Å². The molecule has 0 aromatic heterocycles. The Bertz CT molecular complexity index is 198. The average molecular weight is 168 g/mol. The van der Waals surface area contributed by atoms with Crippen LogP contribution in [0.5, 0.6) is 0 Å². The van der Waals surface area contributed by atoms with E-state index in [4.69, 9.17) is 9.66 Å². The molecule has 2 N–H and O–H groups in total. The minimum absolute atomic E-state index is 1.15. The van der Waals surface area contributed by atoms with Gasteiger partial charge in [0.1, 0.15) is 5.25 Å². The van der Waals surface area contributed by atoms with Crippen LogP contribution in [0.1, 0.15) is 20.8 Å². The highest BCUT2D eigenvalue weighted by Gasteiger charge is 2.32. The topological polar surface area (TPSA) is 74.6 Å². The van der Waals surface area contributed by atoms with E-state index in [1.807, 2.05) is 0 Å². The molecule has 0 rings (SSSR count). The Morgan fingerprint density at radius 3 is 1.70 bits per heavy atom. The first-order valence-corrected chi connectivity index (χ1v) is 4.34. The quantitative estimate of drug-likeness (QED) is 0.570. The van der Waals surface area contributed by atoms with E-state index in [9.17, 15) is 8.42 Å². The Balaban J connectivity index is 4.56. The lowest BCUT2D eigenvalue weighted by Gasteiger charge is -2.22. The second kappa shape index (κ2) is 2.48. The maximum absolute atomic E-state index is 10.4. The highest BCUT2D eigenvalue weighted by Crippen LogP contribution is 2.14. The molecule has 0 aromatic rings. The second-order valence-electron chi connectivity index (χ2n) is 2.81. The van der Waals surface area contributed by atoms with Gasteiger partial charge in [0.25, 0.3) is 10.1 Å². The molecule has 0 aliphatic rings. The van der Waals surface area contributed by atoms with Crippen molar-refractivity contribution < 1.29 is 18.1 Å². The Kier molecular flexibility index (Phi) is 2.45. The molecule has 0 aliphatic heterocycles. The minimum Gasteiger partial charge on any atom is -0.389 e. The summed E-state index contributed by atoms with van der Waals surface area (Å²) in [6.07, 6.45) is 0. The van der Waals surface area contributed by atoms with Crippen molar-refractivity contribution in [1.29, 1.82) is 0 Å². The third-order valence-corrected chi connectivity index (χ3v) is 2.91. The van der Waals surface area contributed by atoms with E-state index in [1.54, 1.807) is 0 Å². The summed E-state index contributed by atoms with van der Waals surface area (Å²) in [7, 11) is -4.11. The summed E-state index contributed by atoms with van der Waals surface area (Å²) < 4.78 is 29.2. The molecule has 0 aliphatic carbocycles. The van der Waals surface area contributed by atoms with Crippen LogP contribution in [0.25, 0.3) is 0 Å². The maximum Gasteiger partial charge on any atom is 0.270 e. The van der Waals surface area contributed by atoms with Crippen molar-refractivity contribution in [3.63, 3.8) is 0 Å². The van der Waals surface area contributed by atoms with E-state index in [2.05, 4.69) is 0 Å². The molecule has 0 aromatic carbocycles. The van der Waals surface area contributed by atoms with Gasteiger partial charge in [-0.25, -0.2) is 0 Å². The van der Waals surface area contributed by atoms with Crippen molar-refractivity contribution in [2.75, 3.05) is 0 Å². The molecule has 0 saturated heterocycles. The fourth-order valence-corrected chi connectivity index (χ4v) is 1.09. The normalized spacial score (nSPS) is 16.9. The Morgan fingerprint density at radius 1 is 1.40 bits per heavy atom. The first-order chi connectivity index (χ1) is 4.15. The summed E-state index contributed by atoms with van der Waals surface area (Å²) >= 11 is 0. The van der Waals surface area contributed by atoms with Gasteiger partial charge in [-0.2, -0.15) is 8.42 Å². The van der Waals surface area contributed by atoms with Gasteiger partial charge in [0.2, 0.25) is 0 Å². The molecule has 10 heavy (non-hydrogen) atoms. The highest BCUT2D eigenvalue weighted by molar-refractivity contribution is 7.86. The number of hydrogen-bond acceptors (Lipinski definition) is 3. The Morgan fingerprint density at radius 2 is 1.70 bits per heavy atom. The molecular formula is C5H12O4S. The molecule has 0 radical (unpaired) electrons.